The van der Waals surface area contributed by atoms with E-state index in [4.69, 9.17) is 4.18 Å². The first-order valence-corrected chi connectivity index (χ1v) is 8.55. The fourth-order valence-electron chi connectivity index (χ4n) is 2.53. The maximum absolute atomic E-state index is 10.8. The SMILES string of the molecule is CC(OSc1ccc([N+](=O)[O-])cc1)(c1ccccc1)c1ccccc1. The van der Waals surface area contributed by atoms with Crippen molar-refractivity contribution in [3.8, 4) is 0 Å². The predicted molar refractivity (Wildman–Crippen MR) is 99.4 cm³/mol. The van der Waals surface area contributed by atoms with E-state index in [2.05, 4.69) is 0 Å². The molecule has 0 bridgehead atoms. The van der Waals surface area contributed by atoms with Crippen molar-refractivity contribution < 1.29 is 9.11 Å². The largest absolute Gasteiger partial charge is 0.294 e. The Morgan fingerprint density at radius 3 is 1.76 bits per heavy atom. The molecule has 0 aliphatic heterocycles. The summed E-state index contributed by atoms with van der Waals surface area (Å²) in [5.41, 5.74) is 1.50. The molecule has 0 aliphatic carbocycles. The van der Waals surface area contributed by atoms with Crippen LogP contribution in [0, 0.1) is 10.1 Å². The zero-order valence-corrected chi connectivity index (χ0v) is 14.5. The third-order valence-electron chi connectivity index (χ3n) is 4.00. The minimum Gasteiger partial charge on any atom is -0.294 e. The van der Waals surface area contributed by atoms with Crippen LogP contribution in [-0.2, 0) is 9.78 Å². The summed E-state index contributed by atoms with van der Waals surface area (Å²) in [6.07, 6.45) is 0. The molecule has 0 radical (unpaired) electrons. The fourth-order valence-corrected chi connectivity index (χ4v) is 3.23. The third kappa shape index (κ3) is 3.90. The summed E-state index contributed by atoms with van der Waals surface area (Å²) in [7, 11) is 0. The molecule has 0 saturated heterocycles. The van der Waals surface area contributed by atoms with Crippen molar-refractivity contribution in [1.82, 2.24) is 0 Å². The molecule has 5 heteroatoms. The highest BCUT2D eigenvalue weighted by Crippen LogP contribution is 2.39. The van der Waals surface area contributed by atoms with Gasteiger partial charge >= 0.3 is 0 Å². The molecule has 3 aromatic carbocycles. The van der Waals surface area contributed by atoms with Crippen LogP contribution in [0.4, 0.5) is 5.69 Å². The lowest BCUT2D eigenvalue weighted by molar-refractivity contribution is -0.384. The summed E-state index contributed by atoms with van der Waals surface area (Å²) >= 11 is 1.21. The molecule has 0 unspecified atom stereocenters. The highest BCUT2D eigenvalue weighted by molar-refractivity contribution is 7.94. The number of hydrogen-bond acceptors (Lipinski definition) is 4. The summed E-state index contributed by atoms with van der Waals surface area (Å²) in [5.74, 6) is 0. The van der Waals surface area contributed by atoms with Gasteiger partial charge in [0.2, 0.25) is 0 Å². The number of nitro benzene ring substituents is 1. The molecule has 3 aromatic rings. The normalized spacial score (nSPS) is 11.2. The lowest BCUT2D eigenvalue weighted by Crippen LogP contribution is -2.24. The molecule has 0 atom stereocenters. The van der Waals surface area contributed by atoms with Gasteiger partial charge in [0.15, 0.2) is 0 Å². The van der Waals surface area contributed by atoms with Crippen LogP contribution in [0.1, 0.15) is 18.1 Å². The molecule has 0 heterocycles. The minimum absolute atomic E-state index is 0.0678. The highest BCUT2D eigenvalue weighted by atomic mass is 32.2. The van der Waals surface area contributed by atoms with Crippen molar-refractivity contribution >= 4 is 17.7 Å². The smallest absolute Gasteiger partial charge is 0.269 e. The molecular weight excluding hydrogens is 334 g/mol. The van der Waals surface area contributed by atoms with Crippen LogP contribution < -0.4 is 0 Å². The van der Waals surface area contributed by atoms with Gasteiger partial charge in [-0.1, -0.05) is 60.7 Å². The Morgan fingerprint density at radius 1 is 0.840 bits per heavy atom. The second-order valence-corrected chi connectivity index (χ2v) is 6.49. The second-order valence-electron chi connectivity index (χ2n) is 5.68. The van der Waals surface area contributed by atoms with Gasteiger partial charge in [0.25, 0.3) is 5.69 Å². The van der Waals surface area contributed by atoms with Crippen LogP contribution in [0.25, 0.3) is 0 Å². The van der Waals surface area contributed by atoms with Gasteiger partial charge in [0, 0.05) is 29.1 Å². The molecule has 25 heavy (non-hydrogen) atoms. The molecule has 0 aromatic heterocycles. The van der Waals surface area contributed by atoms with Crippen molar-refractivity contribution in [2.24, 2.45) is 0 Å². The second kappa shape index (κ2) is 7.51. The summed E-state index contributed by atoms with van der Waals surface area (Å²) in [6, 6.07) is 26.3. The van der Waals surface area contributed by atoms with Gasteiger partial charge in [-0.3, -0.25) is 14.3 Å². The Labute approximate surface area is 150 Å². The maximum atomic E-state index is 10.8. The van der Waals surface area contributed by atoms with Crippen LogP contribution >= 0.6 is 12.0 Å². The summed E-state index contributed by atoms with van der Waals surface area (Å²) in [4.78, 5) is 11.2. The Balaban J connectivity index is 1.87. The Hall–Kier alpha value is -2.63. The maximum Gasteiger partial charge on any atom is 0.269 e. The van der Waals surface area contributed by atoms with Crippen LogP contribution in [-0.4, -0.2) is 4.92 Å². The molecule has 3 rings (SSSR count). The molecule has 0 aliphatic rings. The van der Waals surface area contributed by atoms with Crippen LogP contribution in [0.15, 0.2) is 89.8 Å². The molecular formula is C20H17NO3S. The van der Waals surface area contributed by atoms with Gasteiger partial charge in [-0.15, -0.1) is 0 Å². The number of hydrogen-bond donors (Lipinski definition) is 0. The van der Waals surface area contributed by atoms with Gasteiger partial charge in [0.05, 0.1) is 4.92 Å². The van der Waals surface area contributed by atoms with Crippen molar-refractivity contribution in [3.63, 3.8) is 0 Å². The lowest BCUT2D eigenvalue weighted by atomic mass is 9.88. The van der Waals surface area contributed by atoms with Gasteiger partial charge in [-0.2, -0.15) is 0 Å². The number of nitrogens with zero attached hydrogens (tertiary/aromatic N) is 1. The summed E-state index contributed by atoms with van der Waals surface area (Å²) in [6.45, 7) is 2.02. The fraction of sp³-hybridized carbons (Fsp3) is 0.100. The van der Waals surface area contributed by atoms with E-state index in [1.807, 2.05) is 67.6 Å². The summed E-state index contributed by atoms with van der Waals surface area (Å²) in [5, 5.41) is 10.8. The third-order valence-corrected chi connectivity index (χ3v) is 4.88. The van der Waals surface area contributed by atoms with Crippen molar-refractivity contribution in [3.05, 3.63) is 106 Å². The van der Waals surface area contributed by atoms with E-state index in [1.54, 1.807) is 12.1 Å². The summed E-state index contributed by atoms with van der Waals surface area (Å²) < 4.78 is 6.23. The average molecular weight is 351 g/mol. The number of nitro groups is 1. The van der Waals surface area contributed by atoms with E-state index in [9.17, 15) is 10.1 Å². The van der Waals surface area contributed by atoms with Gasteiger partial charge in [-0.05, 0) is 30.2 Å². The Bertz CT molecular complexity index is 796. The van der Waals surface area contributed by atoms with Gasteiger partial charge in [0.1, 0.15) is 5.60 Å². The first-order valence-electron chi connectivity index (χ1n) is 7.81. The quantitative estimate of drug-likeness (QED) is 0.330. The topological polar surface area (TPSA) is 52.4 Å². The van der Waals surface area contributed by atoms with Crippen LogP contribution in [0.3, 0.4) is 0 Å². The van der Waals surface area contributed by atoms with Crippen molar-refractivity contribution in [1.29, 1.82) is 0 Å². The molecule has 126 valence electrons. The van der Waals surface area contributed by atoms with E-state index in [1.165, 1.54) is 24.2 Å². The molecule has 0 amide bonds. The van der Waals surface area contributed by atoms with E-state index in [0.29, 0.717) is 0 Å². The molecule has 0 fully saturated rings. The standard InChI is InChI=1S/C20H17NO3S/c1-20(16-8-4-2-5-9-16,17-10-6-3-7-11-17)24-25-19-14-12-18(13-15-19)21(22)23/h2-15H,1H3. The van der Waals surface area contributed by atoms with Crippen molar-refractivity contribution in [2.45, 2.75) is 17.4 Å². The van der Waals surface area contributed by atoms with E-state index >= 15 is 0 Å². The Morgan fingerprint density at radius 2 is 1.32 bits per heavy atom. The molecule has 0 saturated carbocycles. The average Bonchev–Trinajstić information content (AvgIpc) is 2.68. The van der Waals surface area contributed by atoms with Gasteiger partial charge in [-0.25, -0.2) is 0 Å². The number of benzene rings is 3. The number of rotatable bonds is 6. The van der Waals surface area contributed by atoms with E-state index in [0.717, 1.165) is 16.0 Å². The monoisotopic (exact) mass is 351 g/mol. The first kappa shape index (κ1) is 17.2. The zero-order valence-electron chi connectivity index (χ0n) is 13.7. The minimum atomic E-state index is -0.644. The van der Waals surface area contributed by atoms with E-state index in [-0.39, 0.29) is 5.69 Å². The van der Waals surface area contributed by atoms with Gasteiger partial charge < -0.3 is 0 Å². The highest BCUT2D eigenvalue weighted by Gasteiger charge is 2.30. The molecule has 0 N–H and O–H groups in total. The predicted octanol–water partition coefficient (Wildman–Crippen LogP) is 5.58. The lowest BCUT2D eigenvalue weighted by Gasteiger charge is -2.30. The molecule has 4 nitrogen and oxygen atoms in total. The number of non-ortho nitro benzene ring substituents is 1. The van der Waals surface area contributed by atoms with E-state index < -0.39 is 10.5 Å². The zero-order chi connectivity index (χ0) is 17.7. The van der Waals surface area contributed by atoms with Crippen LogP contribution in [0.2, 0.25) is 0 Å². The molecule has 0 spiro atoms. The Kier molecular flexibility index (Phi) is 5.16. The van der Waals surface area contributed by atoms with Crippen molar-refractivity contribution in [2.75, 3.05) is 0 Å². The first-order chi connectivity index (χ1) is 12.1. The van der Waals surface area contributed by atoms with Crippen LogP contribution in [0.5, 0.6) is 0 Å².